The number of aliphatic carboxylic acids is 1. The molecule has 0 aromatic rings. The van der Waals surface area contributed by atoms with Gasteiger partial charge in [-0.25, -0.2) is 0 Å². The van der Waals surface area contributed by atoms with Crippen molar-refractivity contribution in [3.05, 3.63) is 0 Å². The Balaban J connectivity index is 4.22. The first kappa shape index (κ1) is 12.9. The molecule has 0 aliphatic carbocycles. The Bertz CT molecular complexity index is 203. The van der Waals surface area contributed by atoms with Crippen molar-refractivity contribution >= 4 is 11.9 Å². The fourth-order valence-corrected chi connectivity index (χ4v) is 0.997. The molecule has 14 heavy (non-hydrogen) atoms. The molecule has 0 aromatic carbocycles. The molecule has 0 saturated heterocycles. The zero-order valence-electron chi connectivity index (χ0n) is 8.82. The first-order chi connectivity index (χ1) is 6.49. The lowest BCUT2D eigenvalue weighted by Gasteiger charge is -2.22. The monoisotopic (exact) mass is 203 g/mol. The summed E-state index contributed by atoms with van der Waals surface area (Å²) in [4.78, 5) is 23.2. The third-order valence-corrected chi connectivity index (χ3v) is 1.70. The zero-order valence-corrected chi connectivity index (χ0v) is 8.82. The van der Waals surface area contributed by atoms with E-state index in [-0.39, 0.29) is 18.4 Å². The van der Waals surface area contributed by atoms with Crippen molar-refractivity contribution in [2.75, 3.05) is 26.8 Å². The van der Waals surface area contributed by atoms with Gasteiger partial charge in [0.1, 0.15) is 6.54 Å². The molecule has 0 radical (unpaired) electrons. The van der Waals surface area contributed by atoms with Gasteiger partial charge in [0.25, 0.3) is 0 Å². The van der Waals surface area contributed by atoms with Gasteiger partial charge in [-0.2, -0.15) is 0 Å². The van der Waals surface area contributed by atoms with Gasteiger partial charge in [-0.1, -0.05) is 13.8 Å². The minimum atomic E-state index is -1.00. The van der Waals surface area contributed by atoms with E-state index in [4.69, 9.17) is 9.84 Å². The summed E-state index contributed by atoms with van der Waals surface area (Å²) in [5.41, 5.74) is 0. The summed E-state index contributed by atoms with van der Waals surface area (Å²) in [6.07, 6.45) is 0. The van der Waals surface area contributed by atoms with Crippen molar-refractivity contribution in [1.82, 2.24) is 4.90 Å². The molecule has 0 aromatic heterocycles. The Morgan fingerprint density at radius 2 is 2.00 bits per heavy atom. The number of carboxylic acid groups (broad SMARTS) is 1. The molecule has 0 atom stereocenters. The van der Waals surface area contributed by atoms with Crippen LogP contribution in [0, 0.1) is 5.92 Å². The van der Waals surface area contributed by atoms with Gasteiger partial charge < -0.3 is 14.7 Å². The van der Waals surface area contributed by atoms with E-state index in [1.165, 1.54) is 12.0 Å². The van der Waals surface area contributed by atoms with Crippen LogP contribution in [0.3, 0.4) is 0 Å². The molecule has 0 fully saturated rings. The standard InChI is InChI=1S/C9H17NO4/c1-7(2)9(13)10(4-5-14-3)6-8(11)12/h7H,4-6H2,1-3H3,(H,11,12). The number of methoxy groups -OCH3 is 1. The van der Waals surface area contributed by atoms with Crippen LogP contribution < -0.4 is 0 Å². The maximum Gasteiger partial charge on any atom is 0.323 e. The van der Waals surface area contributed by atoms with Crippen LogP contribution in [-0.4, -0.2) is 48.7 Å². The van der Waals surface area contributed by atoms with E-state index in [0.717, 1.165) is 0 Å². The van der Waals surface area contributed by atoms with Crippen LogP contribution in [0.1, 0.15) is 13.8 Å². The highest BCUT2D eigenvalue weighted by Crippen LogP contribution is 2.01. The second-order valence-corrected chi connectivity index (χ2v) is 3.30. The molecule has 5 nitrogen and oxygen atoms in total. The summed E-state index contributed by atoms with van der Waals surface area (Å²) in [6, 6.07) is 0. The predicted octanol–water partition coefficient (Wildman–Crippen LogP) is 0.202. The molecule has 1 N–H and O–H groups in total. The number of carbonyl (C=O) groups is 2. The van der Waals surface area contributed by atoms with E-state index in [0.29, 0.717) is 13.2 Å². The van der Waals surface area contributed by atoms with Gasteiger partial charge in [0.2, 0.25) is 5.91 Å². The lowest BCUT2D eigenvalue weighted by Crippen LogP contribution is -2.40. The van der Waals surface area contributed by atoms with Gasteiger partial charge in [-0.3, -0.25) is 9.59 Å². The SMILES string of the molecule is COCCN(CC(=O)O)C(=O)C(C)C. The second kappa shape index (κ2) is 6.37. The Morgan fingerprint density at radius 1 is 1.43 bits per heavy atom. The van der Waals surface area contributed by atoms with E-state index >= 15 is 0 Å². The molecule has 0 bridgehead atoms. The highest BCUT2D eigenvalue weighted by molar-refractivity contribution is 5.82. The van der Waals surface area contributed by atoms with E-state index < -0.39 is 5.97 Å². The molecule has 82 valence electrons. The van der Waals surface area contributed by atoms with Gasteiger partial charge in [0, 0.05) is 19.6 Å². The number of nitrogens with zero attached hydrogens (tertiary/aromatic N) is 1. The normalized spacial score (nSPS) is 10.3. The maximum atomic E-state index is 11.5. The van der Waals surface area contributed by atoms with Gasteiger partial charge in [-0.15, -0.1) is 0 Å². The van der Waals surface area contributed by atoms with Crippen LogP contribution in [0.4, 0.5) is 0 Å². The number of carboxylic acids is 1. The van der Waals surface area contributed by atoms with E-state index in [1.54, 1.807) is 13.8 Å². The second-order valence-electron chi connectivity index (χ2n) is 3.30. The molecule has 5 heteroatoms. The Labute approximate surface area is 83.6 Å². The van der Waals surface area contributed by atoms with Crippen molar-refractivity contribution in [3.63, 3.8) is 0 Å². The molecule has 0 spiro atoms. The summed E-state index contributed by atoms with van der Waals surface area (Å²) < 4.78 is 4.80. The molecular formula is C9H17NO4. The van der Waals surface area contributed by atoms with Crippen LogP contribution in [0.5, 0.6) is 0 Å². The van der Waals surface area contributed by atoms with E-state index in [2.05, 4.69) is 0 Å². The topological polar surface area (TPSA) is 66.8 Å². The zero-order chi connectivity index (χ0) is 11.1. The largest absolute Gasteiger partial charge is 0.480 e. The van der Waals surface area contributed by atoms with Crippen molar-refractivity contribution in [2.45, 2.75) is 13.8 Å². The van der Waals surface area contributed by atoms with Gasteiger partial charge in [0.05, 0.1) is 6.61 Å². The van der Waals surface area contributed by atoms with Crippen LogP contribution in [0.25, 0.3) is 0 Å². The molecule has 0 unspecified atom stereocenters. The third kappa shape index (κ3) is 4.81. The lowest BCUT2D eigenvalue weighted by atomic mass is 10.2. The van der Waals surface area contributed by atoms with E-state index in [9.17, 15) is 9.59 Å². The Kier molecular flexibility index (Phi) is 5.87. The minimum Gasteiger partial charge on any atom is -0.480 e. The first-order valence-corrected chi connectivity index (χ1v) is 4.48. The van der Waals surface area contributed by atoms with Crippen molar-refractivity contribution < 1.29 is 19.4 Å². The number of amides is 1. The van der Waals surface area contributed by atoms with Crippen LogP contribution in [0.15, 0.2) is 0 Å². The molecular weight excluding hydrogens is 186 g/mol. The number of carbonyl (C=O) groups excluding carboxylic acids is 1. The minimum absolute atomic E-state index is 0.163. The van der Waals surface area contributed by atoms with Crippen LogP contribution in [0.2, 0.25) is 0 Å². The number of hydrogen-bond donors (Lipinski definition) is 1. The van der Waals surface area contributed by atoms with Gasteiger partial charge in [-0.05, 0) is 0 Å². The highest BCUT2D eigenvalue weighted by atomic mass is 16.5. The molecule has 0 aliphatic heterocycles. The van der Waals surface area contributed by atoms with Gasteiger partial charge in [0.15, 0.2) is 0 Å². The molecule has 0 aliphatic rings. The number of hydrogen-bond acceptors (Lipinski definition) is 3. The maximum absolute atomic E-state index is 11.5. The highest BCUT2D eigenvalue weighted by Gasteiger charge is 2.18. The van der Waals surface area contributed by atoms with Crippen molar-refractivity contribution in [2.24, 2.45) is 5.92 Å². The summed E-state index contributed by atoms with van der Waals surface area (Å²) in [7, 11) is 1.51. The third-order valence-electron chi connectivity index (χ3n) is 1.70. The quantitative estimate of drug-likeness (QED) is 0.669. The molecule has 0 rings (SSSR count). The number of rotatable bonds is 6. The first-order valence-electron chi connectivity index (χ1n) is 4.48. The van der Waals surface area contributed by atoms with Crippen LogP contribution >= 0.6 is 0 Å². The Morgan fingerprint density at radius 3 is 2.36 bits per heavy atom. The fourth-order valence-electron chi connectivity index (χ4n) is 0.997. The molecule has 1 amide bonds. The predicted molar refractivity (Wildman–Crippen MR) is 50.9 cm³/mol. The summed E-state index contributed by atoms with van der Waals surface area (Å²) >= 11 is 0. The average molecular weight is 203 g/mol. The summed E-state index contributed by atoms with van der Waals surface area (Å²) in [6.45, 7) is 3.89. The molecule has 0 heterocycles. The average Bonchev–Trinajstić information content (AvgIpc) is 2.10. The smallest absolute Gasteiger partial charge is 0.323 e. The van der Waals surface area contributed by atoms with Crippen LogP contribution in [-0.2, 0) is 14.3 Å². The van der Waals surface area contributed by atoms with Crippen molar-refractivity contribution in [3.8, 4) is 0 Å². The van der Waals surface area contributed by atoms with Gasteiger partial charge >= 0.3 is 5.97 Å². The summed E-state index contributed by atoms with van der Waals surface area (Å²) in [5.74, 6) is -1.36. The van der Waals surface area contributed by atoms with E-state index in [1.807, 2.05) is 0 Å². The Hall–Kier alpha value is -1.10. The number of ether oxygens (including phenoxy) is 1. The molecule has 0 saturated carbocycles. The summed E-state index contributed by atoms with van der Waals surface area (Å²) in [5, 5.41) is 8.58. The lowest BCUT2D eigenvalue weighted by molar-refractivity contribution is -0.146. The fraction of sp³-hybridized carbons (Fsp3) is 0.778. The van der Waals surface area contributed by atoms with Crippen molar-refractivity contribution in [1.29, 1.82) is 0 Å².